The van der Waals surface area contributed by atoms with Gasteiger partial charge in [-0.2, -0.15) is 0 Å². The van der Waals surface area contributed by atoms with Crippen molar-refractivity contribution in [1.29, 1.82) is 0 Å². The second-order valence-electron chi connectivity index (χ2n) is 3.78. The Morgan fingerprint density at radius 1 is 1.44 bits per heavy atom. The summed E-state index contributed by atoms with van der Waals surface area (Å²) in [5, 5.41) is 4.06. The number of aryl methyl sites for hydroxylation is 1. The Morgan fingerprint density at radius 3 is 2.69 bits per heavy atom. The van der Waals surface area contributed by atoms with Crippen LogP contribution in [-0.4, -0.2) is 20.2 Å². The second kappa shape index (κ2) is 6.09. The Morgan fingerprint density at radius 2 is 2.12 bits per heavy atom. The molecule has 0 aliphatic carbocycles. The first-order valence-corrected chi connectivity index (χ1v) is 5.73. The van der Waals surface area contributed by atoms with E-state index in [0.29, 0.717) is 6.54 Å². The van der Waals surface area contributed by atoms with Crippen molar-refractivity contribution in [3.63, 3.8) is 0 Å². The lowest BCUT2D eigenvalue weighted by Crippen LogP contribution is -2.22. The third-order valence-corrected chi connectivity index (χ3v) is 3.20. The number of methoxy groups -OCH3 is 1. The Kier molecular flexibility index (Phi) is 5.06. The minimum Gasteiger partial charge on any atom is -0.496 e. The van der Waals surface area contributed by atoms with E-state index in [9.17, 15) is 0 Å². The summed E-state index contributed by atoms with van der Waals surface area (Å²) < 4.78 is 5.36. The van der Waals surface area contributed by atoms with Crippen molar-refractivity contribution in [3.05, 3.63) is 27.8 Å². The summed E-state index contributed by atoms with van der Waals surface area (Å²) in [4.78, 5) is 0. The summed E-state index contributed by atoms with van der Waals surface area (Å²) in [7, 11) is 1.68. The van der Waals surface area contributed by atoms with E-state index in [1.54, 1.807) is 7.11 Å². The predicted octanol–water partition coefficient (Wildman–Crippen LogP) is 2.01. The van der Waals surface area contributed by atoms with Gasteiger partial charge in [-0.15, -0.1) is 0 Å². The fraction of sp³-hybridized carbons (Fsp3) is 0.500. The lowest BCUT2D eigenvalue weighted by Gasteiger charge is -2.15. The van der Waals surface area contributed by atoms with Gasteiger partial charge in [0.25, 0.3) is 0 Å². The maximum absolute atomic E-state index is 6.22. The molecule has 1 aromatic carbocycles. The van der Waals surface area contributed by atoms with E-state index in [-0.39, 0.29) is 0 Å². The van der Waals surface area contributed by atoms with Gasteiger partial charge in [0, 0.05) is 30.2 Å². The van der Waals surface area contributed by atoms with Crippen LogP contribution in [0.4, 0.5) is 0 Å². The Balaban J connectivity index is 3.00. The normalized spacial score (nSPS) is 10.6. The molecule has 0 bridgehead atoms. The number of hydrogen-bond acceptors (Lipinski definition) is 3. The molecule has 0 unspecified atom stereocenters. The smallest absolute Gasteiger partial charge is 0.123 e. The third kappa shape index (κ3) is 2.88. The van der Waals surface area contributed by atoms with E-state index >= 15 is 0 Å². The molecule has 16 heavy (non-hydrogen) atoms. The molecule has 0 spiro atoms. The van der Waals surface area contributed by atoms with Crippen LogP contribution in [0, 0.1) is 13.8 Å². The quantitative estimate of drug-likeness (QED) is 0.777. The summed E-state index contributed by atoms with van der Waals surface area (Å²) >= 11 is 6.22. The Bertz CT molecular complexity index is 367. The zero-order valence-electron chi connectivity index (χ0n) is 10.1. The molecule has 90 valence electrons. The highest BCUT2D eigenvalue weighted by molar-refractivity contribution is 6.32. The maximum atomic E-state index is 6.22. The molecule has 0 saturated carbocycles. The number of benzene rings is 1. The van der Waals surface area contributed by atoms with Gasteiger partial charge in [0.05, 0.1) is 7.11 Å². The van der Waals surface area contributed by atoms with Crippen LogP contribution in [0.5, 0.6) is 5.75 Å². The standard InChI is InChI=1S/C12H19ClN2O/c1-8-6-11(16-3)10(7-15-5-4-14)9(2)12(8)13/h6,15H,4-5,7,14H2,1-3H3. The Labute approximate surface area is 102 Å². The van der Waals surface area contributed by atoms with Crippen LogP contribution < -0.4 is 15.8 Å². The molecular formula is C12H19ClN2O. The molecule has 0 amide bonds. The third-order valence-electron chi connectivity index (χ3n) is 2.62. The summed E-state index contributed by atoms with van der Waals surface area (Å²) in [6.45, 7) is 6.13. The molecular weight excluding hydrogens is 224 g/mol. The highest BCUT2D eigenvalue weighted by atomic mass is 35.5. The molecule has 1 aromatic rings. The average Bonchev–Trinajstić information content (AvgIpc) is 2.29. The van der Waals surface area contributed by atoms with E-state index in [1.165, 1.54) is 0 Å². The predicted molar refractivity (Wildman–Crippen MR) is 68.2 cm³/mol. The highest BCUT2D eigenvalue weighted by Crippen LogP contribution is 2.31. The van der Waals surface area contributed by atoms with Crippen molar-refractivity contribution in [2.45, 2.75) is 20.4 Å². The second-order valence-corrected chi connectivity index (χ2v) is 4.16. The first-order valence-electron chi connectivity index (χ1n) is 5.35. The van der Waals surface area contributed by atoms with Gasteiger partial charge in [-0.25, -0.2) is 0 Å². The van der Waals surface area contributed by atoms with Gasteiger partial charge in [-0.1, -0.05) is 11.6 Å². The van der Waals surface area contributed by atoms with E-state index in [0.717, 1.165) is 40.6 Å². The molecule has 0 fully saturated rings. The van der Waals surface area contributed by atoms with E-state index < -0.39 is 0 Å². The van der Waals surface area contributed by atoms with Gasteiger partial charge < -0.3 is 15.8 Å². The number of nitrogens with two attached hydrogens (primary N) is 1. The topological polar surface area (TPSA) is 47.3 Å². The first-order chi connectivity index (χ1) is 7.61. The summed E-state index contributed by atoms with van der Waals surface area (Å²) in [6, 6.07) is 1.97. The van der Waals surface area contributed by atoms with Gasteiger partial charge >= 0.3 is 0 Å². The molecule has 0 saturated heterocycles. The van der Waals surface area contributed by atoms with Gasteiger partial charge in [0.1, 0.15) is 5.75 Å². The van der Waals surface area contributed by atoms with Crippen LogP contribution in [0.3, 0.4) is 0 Å². The number of rotatable bonds is 5. The van der Waals surface area contributed by atoms with Gasteiger partial charge in [0.15, 0.2) is 0 Å². The minimum absolute atomic E-state index is 0.626. The largest absolute Gasteiger partial charge is 0.496 e. The number of nitrogens with one attached hydrogen (secondary N) is 1. The molecule has 0 heterocycles. The molecule has 0 aliphatic heterocycles. The lowest BCUT2D eigenvalue weighted by atomic mass is 10.0. The summed E-state index contributed by atoms with van der Waals surface area (Å²) in [6.07, 6.45) is 0. The van der Waals surface area contributed by atoms with Crippen LogP contribution in [0.25, 0.3) is 0 Å². The summed E-state index contributed by atoms with van der Waals surface area (Å²) in [5.74, 6) is 0.879. The number of ether oxygens (including phenoxy) is 1. The maximum Gasteiger partial charge on any atom is 0.123 e. The molecule has 4 heteroatoms. The van der Waals surface area contributed by atoms with E-state index in [1.807, 2.05) is 19.9 Å². The Hall–Kier alpha value is -0.770. The highest BCUT2D eigenvalue weighted by Gasteiger charge is 2.11. The zero-order valence-corrected chi connectivity index (χ0v) is 10.8. The van der Waals surface area contributed by atoms with Crippen LogP contribution in [-0.2, 0) is 6.54 Å². The van der Waals surface area contributed by atoms with Gasteiger partial charge in [-0.05, 0) is 31.0 Å². The van der Waals surface area contributed by atoms with Crippen LogP contribution >= 0.6 is 11.6 Å². The lowest BCUT2D eigenvalue weighted by molar-refractivity contribution is 0.407. The number of halogens is 1. The van der Waals surface area contributed by atoms with Crippen molar-refractivity contribution in [1.82, 2.24) is 5.32 Å². The van der Waals surface area contributed by atoms with Crippen LogP contribution in [0.15, 0.2) is 6.07 Å². The van der Waals surface area contributed by atoms with Crippen molar-refractivity contribution >= 4 is 11.6 Å². The molecule has 0 aliphatic rings. The molecule has 3 nitrogen and oxygen atoms in total. The van der Waals surface area contributed by atoms with Crippen molar-refractivity contribution in [2.75, 3.05) is 20.2 Å². The van der Waals surface area contributed by atoms with Crippen molar-refractivity contribution in [3.8, 4) is 5.75 Å². The zero-order chi connectivity index (χ0) is 12.1. The molecule has 0 aromatic heterocycles. The fourth-order valence-corrected chi connectivity index (χ4v) is 1.85. The van der Waals surface area contributed by atoms with Crippen molar-refractivity contribution in [2.24, 2.45) is 5.73 Å². The monoisotopic (exact) mass is 242 g/mol. The molecule has 1 rings (SSSR count). The first kappa shape index (κ1) is 13.3. The number of hydrogen-bond donors (Lipinski definition) is 2. The van der Waals surface area contributed by atoms with E-state index in [2.05, 4.69) is 5.32 Å². The van der Waals surface area contributed by atoms with Gasteiger partial charge in [0.2, 0.25) is 0 Å². The van der Waals surface area contributed by atoms with Crippen LogP contribution in [0.1, 0.15) is 16.7 Å². The van der Waals surface area contributed by atoms with Gasteiger partial charge in [-0.3, -0.25) is 0 Å². The SMILES string of the molecule is COc1cc(C)c(Cl)c(C)c1CNCCN. The molecule has 0 atom stereocenters. The fourth-order valence-electron chi connectivity index (χ4n) is 1.68. The average molecular weight is 243 g/mol. The van der Waals surface area contributed by atoms with E-state index in [4.69, 9.17) is 22.1 Å². The summed E-state index contributed by atoms with van der Waals surface area (Å²) in [5.41, 5.74) is 8.65. The molecule has 0 radical (unpaired) electrons. The minimum atomic E-state index is 0.626. The van der Waals surface area contributed by atoms with Crippen molar-refractivity contribution < 1.29 is 4.74 Å². The molecule has 3 N–H and O–H groups in total. The van der Waals surface area contributed by atoms with Crippen LogP contribution in [0.2, 0.25) is 5.02 Å².